The average Bonchev–Trinajstić information content (AvgIpc) is 2.27. The Bertz CT molecular complexity index is 504. The third-order valence-corrected chi connectivity index (χ3v) is 4.05. The number of benzene rings is 2. The molecule has 0 fully saturated rings. The van der Waals surface area contributed by atoms with Gasteiger partial charge in [0.2, 0.25) is 0 Å². The summed E-state index contributed by atoms with van der Waals surface area (Å²) in [5.74, 6) is 0. The van der Waals surface area contributed by atoms with Crippen LogP contribution in [0.15, 0.2) is 40.9 Å². The van der Waals surface area contributed by atoms with Crippen LogP contribution in [0.4, 0.5) is 0 Å². The summed E-state index contributed by atoms with van der Waals surface area (Å²) in [7, 11) is 0. The molecule has 0 saturated carbocycles. The van der Waals surface area contributed by atoms with Crippen LogP contribution in [0.3, 0.4) is 0 Å². The second-order valence-corrected chi connectivity index (χ2v) is 5.39. The second kappa shape index (κ2) is 3.74. The van der Waals surface area contributed by atoms with Gasteiger partial charge in [-0.3, -0.25) is 0 Å². The third kappa shape index (κ3) is 1.69. The van der Waals surface area contributed by atoms with Crippen LogP contribution in [0.5, 0.6) is 0 Å². The van der Waals surface area contributed by atoms with Gasteiger partial charge in [-0.15, -0.1) is 0 Å². The van der Waals surface area contributed by atoms with Crippen LogP contribution in [0.1, 0.15) is 27.8 Å². The fourth-order valence-electron chi connectivity index (χ4n) is 2.35. The predicted molar refractivity (Wildman–Crippen MR) is 70.9 cm³/mol. The molecule has 4 bridgehead atoms. The third-order valence-electron chi connectivity index (χ3n) is 3.31. The molecule has 2 aromatic rings. The molecule has 0 spiro atoms. The van der Waals surface area contributed by atoms with E-state index in [0.717, 1.165) is 12.8 Å². The van der Waals surface area contributed by atoms with Gasteiger partial charge < -0.3 is 0 Å². The molecule has 6 rings (SSSR count). The molecule has 0 heterocycles. The van der Waals surface area contributed by atoms with E-state index in [1.807, 2.05) is 0 Å². The zero-order valence-corrected chi connectivity index (χ0v) is 10.8. The molecule has 4 aliphatic carbocycles. The minimum absolute atomic E-state index is 1.02. The topological polar surface area (TPSA) is 0 Å². The first kappa shape index (κ1) is 10.1. The first-order chi connectivity index (χ1) is 7.72. The lowest BCUT2D eigenvalue weighted by atomic mass is 9.93. The van der Waals surface area contributed by atoms with E-state index in [1.165, 1.54) is 32.3 Å². The van der Waals surface area contributed by atoms with Crippen LogP contribution in [0, 0.1) is 6.92 Å². The van der Waals surface area contributed by atoms with Crippen molar-refractivity contribution in [2.75, 3.05) is 0 Å². The van der Waals surface area contributed by atoms with E-state index in [-0.39, 0.29) is 0 Å². The maximum absolute atomic E-state index is 3.66. The Balaban J connectivity index is 2.23. The molecule has 4 aliphatic rings. The molecule has 2 aromatic carbocycles. The van der Waals surface area contributed by atoms with Crippen LogP contribution in [0.2, 0.25) is 0 Å². The van der Waals surface area contributed by atoms with E-state index >= 15 is 0 Å². The van der Waals surface area contributed by atoms with Crippen molar-refractivity contribution in [2.45, 2.75) is 19.8 Å². The van der Waals surface area contributed by atoms with E-state index in [1.54, 1.807) is 0 Å². The van der Waals surface area contributed by atoms with Gasteiger partial charge in [0.25, 0.3) is 0 Å². The molecule has 0 unspecified atom stereocenters. The summed E-state index contributed by atoms with van der Waals surface area (Å²) < 4.78 is 1.24. The lowest BCUT2D eigenvalue weighted by molar-refractivity contribution is 1.08. The largest absolute Gasteiger partial charge is 0.0584 e. The highest BCUT2D eigenvalue weighted by Crippen LogP contribution is 2.26. The normalized spacial score (nSPS) is 13.1. The summed E-state index contributed by atoms with van der Waals surface area (Å²) in [6.07, 6.45) is 2.05. The summed E-state index contributed by atoms with van der Waals surface area (Å²) in [6, 6.07) is 13.6. The van der Waals surface area contributed by atoms with Crippen molar-refractivity contribution >= 4 is 15.9 Å². The summed E-state index contributed by atoms with van der Waals surface area (Å²) in [4.78, 5) is 0. The summed E-state index contributed by atoms with van der Waals surface area (Å²) in [5.41, 5.74) is 7.00. The Morgan fingerprint density at radius 3 is 2.19 bits per heavy atom. The SMILES string of the molecule is Cc1cc2ccc1Cc1ccc(c(Br)c1)C2. The van der Waals surface area contributed by atoms with Crippen LogP contribution in [-0.4, -0.2) is 0 Å². The van der Waals surface area contributed by atoms with Gasteiger partial charge in [-0.2, -0.15) is 0 Å². The molecule has 0 amide bonds. The van der Waals surface area contributed by atoms with Gasteiger partial charge in [-0.25, -0.2) is 0 Å². The number of hydrogen-bond acceptors (Lipinski definition) is 0. The monoisotopic (exact) mass is 272 g/mol. The Morgan fingerprint density at radius 2 is 1.50 bits per heavy atom. The second-order valence-electron chi connectivity index (χ2n) is 4.54. The van der Waals surface area contributed by atoms with E-state index < -0.39 is 0 Å². The van der Waals surface area contributed by atoms with Gasteiger partial charge >= 0.3 is 0 Å². The van der Waals surface area contributed by atoms with E-state index in [4.69, 9.17) is 0 Å². The summed E-state index contributed by atoms with van der Waals surface area (Å²) in [5, 5.41) is 0. The molecule has 0 aromatic heterocycles. The van der Waals surface area contributed by atoms with Gasteiger partial charge in [0, 0.05) is 4.47 Å². The summed E-state index contributed by atoms with van der Waals surface area (Å²) in [6.45, 7) is 2.21. The zero-order valence-electron chi connectivity index (χ0n) is 9.26. The highest BCUT2D eigenvalue weighted by Gasteiger charge is 2.09. The van der Waals surface area contributed by atoms with Crippen LogP contribution < -0.4 is 0 Å². The molecular formula is C15H13Br. The molecule has 0 nitrogen and oxygen atoms in total. The number of rotatable bonds is 0. The Hall–Kier alpha value is -1.08. The minimum Gasteiger partial charge on any atom is -0.0584 e. The number of halogens is 1. The lowest BCUT2D eigenvalue weighted by Crippen LogP contribution is -1.99. The van der Waals surface area contributed by atoms with Gasteiger partial charge in [-0.05, 0) is 53.6 Å². The standard InChI is InChI=1S/C15H13Br/c1-10-6-11-2-4-13(10)7-12-3-5-14(8-11)15(16)9-12/h2-6,9H,7-8H2,1H3. The van der Waals surface area contributed by atoms with Crippen LogP contribution in [0.25, 0.3) is 0 Å². The smallest absolute Gasteiger partial charge is 0.0213 e. The average molecular weight is 273 g/mol. The molecule has 0 atom stereocenters. The van der Waals surface area contributed by atoms with Crippen molar-refractivity contribution in [3.05, 3.63) is 68.7 Å². The quantitative estimate of drug-likeness (QED) is 0.574. The number of hydrogen-bond donors (Lipinski definition) is 0. The first-order valence-corrected chi connectivity index (χ1v) is 6.37. The van der Waals surface area contributed by atoms with Crippen molar-refractivity contribution in [1.82, 2.24) is 0 Å². The maximum Gasteiger partial charge on any atom is 0.0213 e. The molecule has 0 saturated heterocycles. The van der Waals surface area contributed by atoms with Crippen molar-refractivity contribution < 1.29 is 0 Å². The van der Waals surface area contributed by atoms with Crippen molar-refractivity contribution in [3.63, 3.8) is 0 Å². The van der Waals surface area contributed by atoms with Gasteiger partial charge in [-0.1, -0.05) is 46.3 Å². The van der Waals surface area contributed by atoms with Crippen LogP contribution in [-0.2, 0) is 12.8 Å². The zero-order chi connectivity index (χ0) is 11.1. The Kier molecular flexibility index (Phi) is 2.36. The Morgan fingerprint density at radius 1 is 0.875 bits per heavy atom. The highest BCUT2D eigenvalue weighted by molar-refractivity contribution is 9.10. The summed E-state index contributed by atoms with van der Waals surface area (Å²) >= 11 is 3.66. The molecular weight excluding hydrogens is 260 g/mol. The Labute approximate surface area is 104 Å². The molecule has 0 aliphatic heterocycles. The van der Waals surface area contributed by atoms with E-state index in [9.17, 15) is 0 Å². The van der Waals surface area contributed by atoms with Crippen molar-refractivity contribution in [1.29, 1.82) is 0 Å². The van der Waals surface area contributed by atoms with Gasteiger partial charge in [0.05, 0.1) is 0 Å². The van der Waals surface area contributed by atoms with Gasteiger partial charge in [0.15, 0.2) is 0 Å². The van der Waals surface area contributed by atoms with Crippen molar-refractivity contribution in [2.24, 2.45) is 0 Å². The fraction of sp³-hybridized carbons (Fsp3) is 0.200. The van der Waals surface area contributed by atoms with Gasteiger partial charge in [0.1, 0.15) is 0 Å². The molecule has 80 valence electrons. The molecule has 0 radical (unpaired) electrons. The number of aryl methyl sites for hydroxylation is 1. The van der Waals surface area contributed by atoms with E-state index in [2.05, 4.69) is 59.3 Å². The van der Waals surface area contributed by atoms with E-state index in [0.29, 0.717) is 0 Å². The maximum atomic E-state index is 3.66. The lowest BCUT2D eigenvalue weighted by Gasteiger charge is -2.14. The molecule has 16 heavy (non-hydrogen) atoms. The van der Waals surface area contributed by atoms with Crippen LogP contribution >= 0.6 is 15.9 Å². The minimum atomic E-state index is 1.02. The first-order valence-electron chi connectivity index (χ1n) is 5.58. The highest BCUT2D eigenvalue weighted by atomic mass is 79.9. The predicted octanol–water partition coefficient (Wildman–Crippen LogP) is 4.25. The van der Waals surface area contributed by atoms with Crippen molar-refractivity contribution in [3.8, 4) is 0 Å². The molecule has 1 heteroatoms. The molecule has 0 N–H and O–H groups in total. The fourth-order valence-corrected chi connectivity index (χ4v) is 2.92.